The molecule has 1 fully saturated rings. The Morgan fingerprint density at radius 1 is 1.22 bits per heavy atom. The molecule has 0 spiro atoms. The van der Waals surface area contributed by atoms with Gasteiger partial charge in [-0.25, -0.2) is 4.98 Å². The van der Waals surface area contributed by atoms with Crippen LogP contribution in [0.2, 0.25) is 0 Å². The average molecular weight is 364 g/mol. The molecule has 140 valence electrons. The van der Waals surface area contributed by atoms with Crippen molar-refractivity contribution in [3.05, 3.63) is 72.3 Å². The minimum absolute atomic E-state index is 0.0510. The molecule has 1 saturated heterocycles. The van der Waals surface area contributed by atoms with Crippen molar-refractivity contribution in [2.45, 2.75) is 32.3 Å². The van der Waals surface area contributed by atoms with E-state index in [1.807, 2.05) is 29.8 Å². The lowest BCUT2D eigenvalue weighted by Crippen LogP contribution is -2.33. The van der Waals surface area contributed by atoms with Crippen LogP contribution in [0.3, 0.4) is 0 Å². The number of imidazole rings is 1. The molecule has 1 aromatic heterocycles. The van der Waals surface area contributed by atoms with Crippen LogP contribution >= 0.6 is 0 Å². The van der Waals surface area contributed by atoms with E-state index in [4.69, 9.17) is 14.2 Å². The highest BCUT2D eigenvalue weighted by atomic mass is 16.7. The van der Waals surface area contributed by atoms with Gasteiger partial charge < -0.3 is 18.8 Å². The predicted molar refractivity (Wildman–Crippen MR) is 104 cm³/mol. The smallest absolute Gasteiger partial charge is 0.213 e. The highest BCUT2D eigenvalue weighted by Crippen LogP contribution is 2.38. The molecule has 2 aromatic carbocycles. The van der Waals surface area contributed by atoms with Crippen LogP contribution in [0.5, 0.6) is 5.75 Å². The van der Waals surface area contributed by atoms with Crippen LogP contribution in [-0.4, -0.2) is 29.4 Å². The van der Waals surface area contributed by atoms with Crippen molar-refractivity contribution in [3.8, 4) is 16.9 Å². The summed E-state index contributed by atoms with van der Waals surface area (Å²) in [6.07, 6.45) is 5.53. The van der Waals surface area contributed by atoms with Crippen molar-refractivity contribution >= 4 is 0 Å². The first-order chi connectivity index (χ1) is 13.1. The third-order valence-electron chi connectivity index (χ3n) is 4.96. The van der Waals surface area contributed by atoms with Crippen molar-refractivity contribution in [2.24, 2.45) is 0 Å². The standard InChI is InChI=1S/C22H24N2O3/c1-16-12-19(6-9-21(16)18-4-7-20(25-3)8-5-18)22(26-13-17(2)27-22)14-24-11-10-23-15-24/h4-12,15,17H,13-14H2,1-3H3. The maximum absolute atomic E-state index is 6.25. The normalized spacial score (nSPS) is 22.1. The molecule has 0 bridgehead atoms. The number of rotatable bonds is 5. The summed E-state index contributed by atoms with van der Waals surface area (Å²) in [4.78, 5) is 4.14. The Labute approximate surface area is 159 Å². The molecule has 1 aliphatic rings. The summed E-state index contributed by atoms with van der Waals surface area (Å²) in [7, 11) is 1.68. The molecule has 4 rings (SSSR count). The van der Waals surface area contributed by atoms with Crippen LogP contribution in [0.1, 0.15) is 18.1 Å². The molecular weight excluding hydrogens is 340 g/mol. The highest BCUT2D eigenvalue weighted by Gasteiger charge is 2.42. The van der Waals surface area contributed by atoms with E-state index in [9.17, 15) is 0 Å². The molecule has 2 unspecified atom stereocenters. The van der Waals surface area contributed by atoms with Gasteiger partial charge in [-0.2, -0.15) is 0 Å². The summed E-state index contributed by atoms with van der Waals surface area (Å²) in [5.74, 6) is 0.0672. The van der Waals surface area contributed by atoms with Gasteiger partial charge in [0, 0.05) is 18.0 Å². The van der Waals surface area contributed by atoms with Gasteiger partial charge in [-0.1, -0.05) is 30.3 Å². The first kappa shape index (κ1) is 17.8. The fraction of sp³-hybridized carbons (Fsp3) is 0.318. The van der Waals surface area contributed by atoms with Crippen molar-refractivity contribution in [3.63, 3.8) is 0 Å². The van der Waals surface area contributed by atoms with Crippen molar-refractivity contribution in [2.75, 3.05) is 13.7 Å². The van der Waals surface area contributed by atoms with Gasteiger partial charge in [-0.05, 0) is 42.7 Å². The van der Waals surface area contributed by atoms with Crippen LogP contribution in [0.4, 0.5) is 0 Å². The molecule has 2 atom stereocenters. The van der Waals surface area contributed by atoms with Crippen LogP contribution in [-0.2, 0) is 21.8 Å². The van der Waals surface area contributed by atoms with Crippen LogP contribution in [0.25, 0.3) is 11.1 Å². The summed E-state index contributed by atoms with van der Waals surface area (Å²) in [6.45, 7) is 5.30. The lowest BCUT2D eigenvalue weighted by atomic mass is 9.95. The van der Waals surface area contributed by atoms with E-state index in [0.29, 0.717) is 13.2 Å². The average Bonchev–Trinajstić information content (AvgIpc) is 3.32. The zero-order chi connectivity index (χ0) is 18.9. The molecule has 3 aromatic rings. The number of ether oxygens (including phenoxy) is 3. The Morgan fingerprint density at radius 3 is 2.63 bits per heavy atom. The molecule has 0 aliphatic carbocycles. The van der Waals surface area contributed by atoms with Gasteiger partial charge in [0.1, 0.15) is 5.75 Å². The molecule has 2 heterocycles. The molecule has 1 aliphatic heterocycles. The van der Waals surface area contributed by atoms with Crippen molar-refractivity contribution < 1.29 is 14.2 Å². The van der Waals surface area contributed by atoms with Gasteiger partial charge in [0.15, 0.2) is 0 Å². The number of benzene rings is 2. The summed E-state index contributed by atoms with van der Waals surface area (Å²) in [5, 5.41) is 0. The van der Waals surface area contributed by atoms with Crippen molar-refractivity contribution in [1.29, 1.82) is 0 Å². The Morgan fingerprint density at radius 2 is 2.04 bits per heavy atom. The lowest BCUT2D eigenvalue weighted by molar-refractivity contribution is -0.185. The zero-order valence-corrected chi connectivity index (χ0v) is 15.9. The second-order valence-corrected chi connectivity index (χ2v) is 6.99. The fourth-order valence-corrected chi connectivity index (χ4v) is 3.59. The minimum Gasteiger partial charge on any atom is -0.497 e. The van der Waals surface area contributed by atoms with E-state index >= 15 is 0 Å². The number of aryl methyl sites for hydroxylation is 1. The van der Waals surface area contributed by atoms with Gasteiger partial charge in [0.05, 0.1) is 32.7 Å². The molecular formula is C22H24N2O3. The quantitative estimate of drug-likeness (QED) is 0.682. The molecule has 0 amide bonds. The first-order valence-corrected chi connectivity index (χ1v) is 9.13. The molecule has 27 heavy (non-hydrogen) atoms. The molecule has 5 nitrogen and oxygen atoms in total. The van der Waals surface area contributed by atoms with Crippen LogP contribution in [0.15, 0.2) is 61.2 Å². The van der Waals surface area contributed by atoms with E-state index < -0.39 is 5.79 Å². The van der Waals surface area contributed by atoms with E-state index in [1.165, 1.54) is 11.1 Å². The Hall–Kier alpha value is -2.63. The molecule has 5 heteroatoms. The summed E-state index contributed by atoms with van der Waals surface area (Å²) in [6, 6.07) is 14.5. The SMILES string of the molecule is COc1ccc(-c2ccc(C3(Cn4ccnc4)OCC(C)O3)cc2C)cc1. The number of nitrogens with zero attached hydrogens (tertiary/aromatic N) is 2. The summed E-state index contributed by atoms with van der Waals surface area (Å²) >= 11 is 0. The Kier molecular flexibility index (Phi) is 4.72. The Balaban J connectivity index is 1.68. The monoisotopic (exact) mass is 364 g/mol. The second kappa shape index (κ2) is 7.18. The van der Waals surface area contributed by atoms with E-state index in [0.717, 1.165) is 16.9 Å². The first-order valence-electron chi connectivity index (χ1n) is 9.13. The topological polar surface area (TPSA) is 45.5 Å². The number of hydrogen-bond acceptors (Lipinski definition) is 4. The van der Waals surface area contributed by atoms with E-state index in [-0.39, 0.29) is 6.10 Å². The van der Waals surface area contributed by atoms with Gasteiger partial charge >= 0.3 is 0 Å². The molecule has 0 radical (unpaired) electrons. The fourth-order valence-electron chi connectivity index (χ4n) is 3.59. The molecule has 0 saturated carbocycles. The van der Waals surface area contributed by atoms with Gasteiger partial charge in [0.25, 0.3) is 0 Å². The van der Waals surface area contributed by atoms with E-state index in [1.54, 1.807) is 19.6 Å². The summed E-state index contributed by atoms with van der Waals surface area (Å²) in [5.41, 5.74) is 4.54. The minimum atomic E-state index is -0.788. The van der Waals surface area contributed by atoms with Crippen LogP contribution < -0.4 is 4.74 Å². The third-order valence-corrected chi connectivity index (χ3v) is 4.96. The predicted octanol–water partition coefficient (Wildman–Crippen LogP) is 4.16. The zero-order valence-electron chi connectivity index (χ0n) is 15.9. The largest absolute Gasteiger partial charge is 0.497 e. The third kappa shape index (κ3) is 3.48. The maximum atomic E-state index is 6.25. The maximum Gasteiger partial charge on any atom is 0.213 e. The summed E-state index contributed by atoms with van der Waals surface area (Å²) < 4.78 is 19.7. The highest BCUT2D eigenvalue weighted by molar-refractivity contribution is 5.68. The van der Waals surface area contributed by atoms with Gasteiger partial charge in [-0.15, -0.1) is 0 Å². The van der Waals surface area contributed by atoms with Crippen LogP contribution in [0, 0.1) is 6.92 Å². The Bertz CT molecular complexity index is 906. The number of aromatic nitrogens is 2. The van der Waals surface area contributed by atoms with Crippen molar-refractivity contribution in [1.82, 2.24) is 9.55 Å². The lowest BCUT2D eigenvalue weighted by Gasteiger charge is -2.29. The van der Waals surface area contributed by atoms with Gasteiger partial charge in [-0.3, -0.25) is 0 Å². The number of methoxy groups -OCH3 is 1. The second-order valence-electron chi connectivity index (χ2n) is 6.99. The molecule has 0 N–H and O–H groups in total. The van der Waals surface area contributed by atoms with Gasteiger partial charge in [0.2, 0.25) is 5.79 Å². The number of hydrogen-bond donors (Lipinski definition) is 0. The van der Waals surface area contributed by atoms with E-state index in [2.05, 4.69) is 42.2 Å².